The predicted molar refractivity (Wildman–Crippen MR) is 204 cm³/mol. The van der Waals surface area contributed by atoms with Gasteiger partial charge in [0.25, 0.3) is 0 Å². The molecule has 49 heavy (non-hydrogen) atoms. The first-order valence-electron chi connectivity index (χ1n) is 19.4. The smallest absolute Gasteiger partial charge is 0.160 e. The highest BCUT2D eigenvalue weighted by atomic mass is 14.9. The number of benzene rings is 7. The second kappa shape index (κ2) is 11.5. The van der Waals surface area contributed by atoms with E-state index < -0.39 is 19.1 Å². The second-order valence-corrected chi connectivity index (χ2v) is 12.5. The largest absolute Gasteiger partial charge is 0.228 e. The summed E-state index contributed by atoms with van der Waals surface area (Å²) in [5.74, 6) is 0.608. The lowest BCUT2D eigenvalue weighted by Gasteiger charge is -2.22. The molecule has 1 aliphatic rings. The molecule has 0 saturated carbocycles. The maximum Gasteiger partial charge on any atom is 0.160 e. The first-order valence-corrected chi connectivity index (χ1v) is 16.4. The number of hydrogen-bond donors (Lipinski definition) is 0. The minimum atomic E-state index is -2.84. The molecule has 8 aromatic rings. The quantitative estimate of drug-likeness (QED) is 0.189. The van der Waals surface area contributed by atoms with Gasteiger partial charge in [0, 0.05) is 30.3 Å². The molecule has 1 aromatic heterocycles. The zero-order chi connectivity index (χ0) is 38.0. The topological polar surface area (TPSA) is 25.8 Å². The molecule has 0 bridgehead atoms. The van der Waals surface area contributed by atoms with Crippen molar-refractivity contribution in [3.63, 3.8) is 0 Å². The van der Waals surface area contributed by atoms with Crippen LogP contribution in [-0.2, 0) is 5.41 Å². The summed E-state index contributed by atoms with van der Waals surface area (Å²) in [6.45, 7) is -5.68. The summed E-state index contributed by atoms with van der Waals surface area (Å²) in [7, 11) is 0. The molecule has 0 spiro atoms. The Morgan fingerprint density at radius 1 is 0.408 bits per heavy atom. The third-order valence-electron chi connectivity index (χ3n) is 9.60. The fraction of sp³-hybridized carbons (Fsp3) is 0.0638. The summed E-state index contributed by atoms with van der Waals surface area (Å²) in [4.78, 5) is 10.2. The molecule has 1 heterocycles. The van der Waals surface area contributed by atoms with E-state index in [0.717, 1.165) is 61.1 Å². The zero-order valence-electron chi connectivity index (χ0n) is 32.6. The van der Waals surface area contributed by atoms with E-state index in [9.17, 15) is 0 Å². The summed E-state index contributed by atoms with van der Waals surface area (Å²) in [6, 6.07) is 55.3. The highest BCUT2D eigenvalue weighted by molar-refractivity contribution is 6.08. The molecule has 0 N–H and O–H groups in total. The van der Waals surface area contributed by atoms with Gasteiger partial charge in [0.2, 0.25) is 0 Å². The standard InChI is InChI=1S/C47H34N2/c1-47(2)41-22-12-11-20-40(41)45-39(21-13-23-42(45)47)37-28-29-38(36-19-10-9-18-35(36)37)44-30-43(48-46(49-44)34-16-7-4-8-17-34)33-26-24-32(25-27-33)31-14-5-3-6-15-31/h3-30H,1-2H3/i1D3,2D3. The lowest BCUT2D eigenvalue weighted by Crippen LogP contribution is -2.14. The van der Waals surface area contributed by atoms with Crippen LogP contribution in [0.25, 0.3) is 78.1 Å². The average Bonchev–Trinajstić information content (AvgIpc) is 3.54. The highest BCUT2D eigenvalue weighted by Gasteiger charge is 2.36. The fourth-order valence-corrected chi connectivity index (χ4v) is 7.22. The van der Waals surface area contributed by atoms with Crippen molar-refractivity contribution in [3.05, 3.63) is 181 Å². The van der Waals surface area contributed by atoms with Crippen LogP contribution in [0.3, 0.4) is 0 Å². The minimum absolute atomic E-state index is 0.297. The van der Waals surface area contributed by atoms with E-state index in [1.807, 2.05) is 91.0 Å². The van der Waals surface area contributed by atoms with Gasteiger partial charge < -0.3 is 0 Å². The maximum absolute atomic E-state index is 8.69. The molecule has 9 rings (SSSR count). The van der Waals surface area contributed by atoms with Crippen LogP contribution in [0, 0.1) is 0 Å². The zero-order valence-corrected chi connectivity index (χ0v) is 26.6. The average molecular weight is 633 g/mol. The van der Waals surface area contributed by atoms with E-state index >= 15 is 0 Å². The van der Waals surface area contributed by atoms with Gasteiger partial charge in [-0.2, -0.15) is 0 Å². The Morgan fingerprint density at radius 3 is 1.71 bits per heavy atom. The van der Waals surface area contributed by atoms with Gasteiger partial charge in [-0.3, -0.25) is 0 Å². The molecule has 0 aliphatic heterocycles. The minimum Gasteiger partial charge on any atom is -0.228 e. The van der Waals surface area contributed by atoms with Gasteiger partial charge in [0.15, 0.2) is 5.82 Å². The number of nitrogens with zero attached hydrogens (tertiary/aromatic N) is 2. The third kappa shape index (κ3) is 4.88. The van der Waals surface area contributed by atoms with E-state index in [2.05, 4.69) is 54.6 Å². The van der Waals surface area contributed by atoms with Crippen LogP contribution in [0.1, 0.15) is 33.1 Å². The monoisotopic (exact) mass is 632 g/mol. The lowest BCUT2D eigenvalue weighted by atomic mass is 9.81. The Labute approximate surface area is 295 Å². The van der Waals surface area contributed by atoms with Crippen molar-refractivity contribution in [3.8, 4) is 67.3 Å². The Balaban J connectivity index is 1.24. The number of fused-ring (bicyclic) bond motifs is 4. The Hall–Kier alpha value is -6.12. The van der Waals surface area contributed by atoms with Gasteiger partial charge in [-0.25, -0.2) is 9.97 Å². The second-order valence-electron chi connectivity index (χ2n) is 12.5. The summed E-state index contributed by atoms with van der Waals surface area (Å²) in [5.41, 5.74) is 7.91. The van der Waals surface area contributed by atoms with Crippen molar-refractivity contribution in [1.29, 1.82) is 0 Å². The van der Waals surface area contributed by atoms with Gasteiger partial charge in [-0.1, -0.05) is 177 Å². The van der Waals surface area contributed by atoms with Crippen LogP contribution >= 0.6 is 0 Å². The van der Waals surface area contributed by atoms with E-state index in [0.29, 0.717) is 28.1 Å². The molecule has 0 radical (unpaired) electrons. The summed E-state index contributed by atoms with van der Waals surface area (Å²) in [6.07, 6.45) is 0. The Kier molecular flexibility index (Phi) is 5.47. The van der Waals surface area contributed by atoms with Gasteiger partial charge in [0.05, 0.1) is 11.4 Å². The predicted octanol–water partition coefficient (Wildman–Crippen LogP) is 12.3. The molecule has 7 aromatic carbocycles. The van der Waals surface area contributed by atoms with E-state index in [-0.39, 0.29) is 0 Å². The molecular weight excluding hydrogens is 593 g/mol. The van der Waals surface area contributed by atoms with Crippen LogP contribution < -0.4 is 0 Å². The van der Waals surface area contributed by atoms with Crippen molar-refractivity contribution in [2.45, 2.75) is 19.1 Å². The Bertz CT molecular complexity index is 2710. The van der Waals surface area contributed by atoms with E-state index in [4.69, 9.17) is 18.2 Å². The maximum atomic E-state index is 8.69. The molecule has 2 nitrogen and oxygen atoms in total. The summed E-state index contributed by atoms with van der Waals surface area (Å²) < 4.78 is 52.2. The van der Waals surface area contributed by atoms with Crippen molar-refractivity contribution in [2.24, 2.45) is 0 Å². The normalized spacial score (nSPS) is 15.2. The fourth-order valence-electron chi connectivity index (χ4n) is 7.22. The Morgan fingerprint density at radius 2 is 0.959 bits per heavy atom. The van der Waals surface area contributed by atoms with E-state index in [1.54, 1.807) is 24.3 Å². The van der Waals surface area contributed by atoms with Crippen molar-refractivity contribution >= 4 is 10.8 Å². The van der Waals surface area contributed by atoms with Gasteiger partial charge in [-0.05, 0) is 61.3 Å². The summed E-state index contributed by atoms with van der Waals surface area (Å²) >= 11 is 0. The van der Waals surface area contributed by atoms with Crippen molar-refractivity contribution in [2.75, 3.05) is 0 Å². The van der Waals surface area contributed by atoms with Crippen LogP contribution in [0.5, 0.6) is 0 Å². The molecule has 232 valence electrons. The molecule has 0 fully saturated rings. The first kappa shape index (κ1) is 23.2. The van der Waals surface area contributed by atoms with Gasteiger partial charge >= 0.3 is 0 Å². The van der Waals surface area contributed by atoms with Crippen molar-refractivity contribution < 1.29 is 8.22 Å². The molecule has 0 unspecified atom stereocenters. The number of aromatic nitrogens is 2. The highest BCUT2D eigenvalue weighted by Crippen LogP contribution is 2.52. The number of hydrogen-bond acceptors (Lipinski definition) is 2. The van der Waals surface area contributed by atoms with Crippen LogP contribution in [0.15, 0.2) is 170 Å². The van der Waals surface area contributed by atoms with Crippen LogP contribution in [0.2, 0.25) is 0 Å². The molecule has 0 atom stereocenters. The SMILES string of the molecule is [2H]C([2H])([2H])C1(C([2H])([2H])[2H])c2ccccc2-c2c(-c3ccc(-c4cc(-c5ccc(-c6ccccc6)cc5)nc(-c5ccccc5)n4)c4ccccc34)cccc21. The third-order valence-corrected chi connectivity index (χ3v) is 9.60. The molecule has 0 saturated heterocycles. The molecule has 0 amide bonds. The van der Waals surface area contributed by atoms with Crippen LogP contribution in [0.4, 0.5) is 0 Å². The van der Waals surface area contributed by atoms with Crippen LogP contribution in [-0.4, -0.2) is 9.97 Å². The van der Waals surface area contributed by atoms with E-state index in [1.165, 1.54) is 0 Å². The van der Waals surface area contributed by atoms with Crippen molar-refractivity contribution in [1.82, 2.24) is 9.97 Å². The summed E-state index contributed by atoms with van der Waals surface area (Å²) in [5, 5.41) is 1.88. The lowest BCUT2D eigenvalue weighted by molar-refractivity contribution is 0.660. The van der Waals surface area contributed by atoms with Gasteiger partial charge in [0.1, 0.15) is 0 Å². The molecule has 2 heteroatoms. The number of rotatable bonds is 5. The molecule has 1 aliphatic carbocycles. The first-order chi connectivity index (χ1) is 26.6. The molecular formula is C47H34N2. The van der Waals surface area contributed by atoms with Gasteiger partial charge in [-0.15, -0.1) is 0 Å².